The molecule has 0 aliphatic rings. The fourth-order valence-corrected chi connectivity index (χ4v) is 3.40. The minimum Gasteiger partial charge on any atom is -0.550 e. The molecule has 29 heavy (non-hydrogen) atoms. The van der Waals surface area contributed by atoms with Crippen LogP contribution in [-0.2, 0) is 19.1 Å². The van der Waals surface area contributed by atoms with Gasteiger partial charge >= 0.3 is 5.97 Å². The van der Waals surface area contributed by atoms with Gasteiger partial charge in [-0.3, -0.25) is 9.59 Å². The van der Waals surface area contributed by atoms with Gasteiger partial charge in [-0.05, 0) is 6.42 Å². The third-order valence-electron chi connectivity index (χ3n) is 4.84. The van der Waals surface area contributed by atoms with E-state index < -0.39 is 18.0 Å². The number of unbranched alkanes of at least 4 members (excludes halogenated alkanes) is 10. The van der Waals surface area contributed by atoms with Crippen molar-refractivity contribution >= 4 is 17.7 Å². The Bertz CT molecular complexity index is 470. The summed E-state index contributed by atoms with van der Waals surface area (Å²) in [5.74, 6) is -2.04. The highest BCUT2D eigenvalue weighted by molar-refractivity contribution is 5.95. The van der Waals surface area contributed by atoms with E-state index in [9.17, 15) is 19.5 Å². The lowest BCUT2D eigenvalue weighted by molar-refractivity contribution is -0.873. The zero-order chi connectivity index (χ0) is 22.1. The maximum Gasteiger partial charge on any atom is 0.313 e. The maximum atomic E-state index is 12.0. The number of carboxylic acid groups (broad SMARTS) is 1. The fraction of sp³-hybridized carbons (Fsp3) is 0.870. The average Bonchev–Trinajstić information content (AvgIpc) is 2.57. The van der Waals surface area contributed by atoms with Crippen molar-refractivity contribution in [3.63, 3.8) is 0 Å². The second-order valence-electron chi connectivity index (χ2n) is 9.16. The first kappa shape index (κ1) is 27.6. The molecule has 0 aromatic heterocycles. The summed E-state index contributed by atoms with van der Waals surface area (Å²) in [5, 5.41) is 10.9. The molecule has 0 bridgehead atoms. The van der Waals surface area contributed by atoms with E-state index in [0.717, 1.165) is 19.3 Å². The van der Waals surface area contributed by atoms with Gasteiger partial charge in [0.1, 0.15) is 18.7 Å². The molecule has 0 fully saturated rings. The van der Waals surface area contributed by atoms with Crippen LogP contribution in [0, 0.1) is 0 Å². The lowest BCUT2D eigenvalue weighted by atomic mass is 10.0. The third-order valence-corrected chi connectivity index (χ3v) is 4.84. The Morgan fingerprint density at radius 3 is 1.76 bits per heavy atom. The van der Waals surface area contributed by atoms with Crippen LogP contribution < -0.4 is 5.11 Å². The van der Waals surface area contributed by atoms with Crippen molar-refractivity contribution in [2.75, 3.05) is 27.7 Å². The predicted octanol–water partition coefficient (Wildman–Crippen LogP) is 3.40. The number of aliphatic carboxylic acids is 1. The number of hydrogen-bond acceptors (Lipinski definition) is 5. The summed E-state index contributed by atoms with van der Waals surface area (Å²) in [6.45, 7) is 2.58. The van der Waals surface area contributed by atoms with Gasteiger partial charge in [0.2, 0.25) is 0 Å². The van der Waals surface area contributed by atoms with Gasteiger partial charge in [-0.25, -0.2) is 0 Å². The fourth-order valence-electron chi connectivity index (χ4n) is 3.40. The number of quaternary nitrogens is 1. The molecule has 0 aliphatic heterocycles. The summed E-state index contributed by atoms with van der Waals surface area (Å²) in [6.07, 6.45) is 12.3. The van der Waals surface area contributed by atoms with E-state index in [1.54, 1.807) is 0 Å². The monoisotopic (exact) mass is 413 g/mol. The number of likely N-dealkylation sites (N-methyl/N-ethyl adjacent to an activating group) is 1. The highest BCUT2D eigenvalue weighted by Crippen LogP contribution is 2.13. The molecular weight excluding hydrogens is 370 g/mol. The molecule has 0 unspecified atom stereocenters. The summed E-state index contributed by atoms with van der Waals surface area (Å²) in [7, 11) is 5.65. The number of ether oxygens (including phenoxy) is 1. The predicted molar refractivity (Wildman–Crippen MR) is 113 cm³/mol. The van der Waals surface area contributed by atoms with E-state index >= 15 is 0 Å². The van der Waals surface area contributed by atoms with Gasteiger partial charge in [0, 0.05) is 18.8 Å². The summed E-state index contributed by atoms with van der Waals surface area (Å²) in [6, 6.07) is 0. The minimum absolute atomic E-state index is 0.136. The summed E-state index contributed by atoms with van der Waals surface area (Å²) < 4.78 is 5.67. The molecule has 0 aromatic carbocycles. The number of carboxylic acids is 1. The largest absolute Gasteiger partial charge is 0.550 e. The second kappa shape index (κ2) is 16.4. The smallest absolute Gasteiger partial charge is 0.313 e. The number of esters is 1. The zero-order valence-corrected chi connectivity index (χ0v) is 19.2. The van der Waals surface area contributed by atoms with Crippen LogP contribution in [-0.4, -0.2) is 56.0 Å². The van der Waals surface area contributed by atoms with Crippen LogP contribution in [0.1, 0.15) is 96.8 Å². The molecule has 0 spiro atoms. The molecule has 6 nitrogen and oxygen atoms in total. The highest BCUT2D eigenvalue weighted by atomic mass is 16.5. The number of Topliss-reactive ketones (excluding diaryl/α,β-unsaturated/α-hetero) is 1. The van der Waals surface area contributed by atoms with E-state index in [4.69, 9.17) is 4.74 Å². The molecule has 170 valence electrons. The molecule has 6 heteroatoms. The standard InChI is InChI=1S/C23H43NO5/c1-5-6-7-8-9-10-11-12-13-14-15-16-20(25)17-23(28)29-21(18-22(26)27)19-24(2,3)4/h21H,5-19H2,1-4H3/t21-/m1/s1. The lowest BCUT2D eigenvalue weighted by Crippen LogP contribution is -2.45. The lowest BCUT2D eigenvalue weighted by Gasteiger charge is -2.29. The molecule has 0 N–H and O–H groups in total. The van der Waals surface area contributed by atoms with Crippen molar-refractivity contribution in [3.05, 3.63) is 0 Å². The van der Waals surface area contributed by atoms with Gasteiger partial charge < -0.3 is 19.1 Å². The van der Waals surface area contributed by atoms with Crippen molar-refractivity contribution in [1.82, 2.24) is 0 Å². The second-order valence-corrected chi connectivity index (χ2v) is 9.16. The van der Waals surface area contributed by atoms with Gasteiger partial charge in [-0.15, -0.1) is 0 Å². The Hall–Kier alpha value is -1.43. The van der Waals surface area contributed by atoms with E-state index in [2.05, 4.69) is 6.92 Å². The number of hydrogen-bond donors (Lipinski definition) is 0. The SMILES string of the molecule is CCCCCCCCCCCCCC(=O)CC(=O)O[C@H](CC(=O)[O-])C[N+](C)(C)C. The first-order valence-electron chi connectivity index (χ1n) is 11.4. The Balaban J connectivity index is 3.84. The highest BCUT2D eigenvalue weighted by Gasteiger charge is 2.23. The summed E-state index contributed by atoms with van der Waals surface area (Å²) in [5.41, 5.74) is 0. The molecule has 0 saturated heterocycles. The number of carbonyl (C=O) groups excluding carboxylic acids is 3. The van der Waals surface area contributed by atoms with Gasteiger partial charge in [0.25, 0.3) is 0 Å². The first-order chi connectivity index (χ1) is 13.6. The molecule has 0 radical (unpaired) electrons. The van der Waals surface area contributed by atoms with Crippen molar-refractivity contribution in [2.45, 2.75) is 103 Å². The molecule has 0 rings (SSSR count). The molecule has 0 amide bonds. The van der Waals surface area contributed by atoms with Crippen LogP contribution in [0.15, 0.2) is 0 Å². The quantitative estimate of drug-likeness (QED) is 0.140. The molecular formula is C23H43NO5. The van der Waals surface area contributed by atoms with E-state index in [1.165, 1.54) is 51.4 Å². The normalized spacial score (nSPS) is 12.6. The molecule has 0 heterocycles. The van der Waals surface area contributed by atoms with Crippen molar-refractivity contribution in [1.29, 1.82) is 0 Å². The van der Waals surface area contributed by atoms with E-state index in [-0.39, 0.29) is 18.6 Å². The Labute approximate surface area is 177 Å². The van der Waals surface area contributed by atoms with E-state index in [1.807, 2.05) is 21.1 Å². The van der Waals surface area contributed by atoms with Crippen LogP contribution in [0.5, 0.6) is 0 Å². The molecule has 1 atom stereocenters. The molecule has 0 aliphatic carbocycles. The van der Waals surface area contributed by atoms with Gasteiger partial charge in [0.05, 0.1) is 21.1 Å². The average molecular weight is 414 g/mol. The summed E-state index contributed by atoms with van der Waals surface area (Å²) in [4.78, 5) is 34.8. The molecule has 0 saturated carbocycles. The first-order valence-corrected chi connectivity index (χ1v) is 11.4. The Morgan fingerprint density at radius 2 is 1.31 bits per heavy atom. The van der Waals surface area contributed by atoms with Crippen LogP contribution in [0.3, 0.4) is 0 Å². The topological polar surface area (TPSA) is 83.5 Å². The third kappa shape index (κ3) is 19.7. The van der Waals surface area contributed by atoms with Crippen molar-refractivity contribution in [2.24, 2.45) is 0 Å². The molecule has 0 aromatic rings. The Kier molecular flexibility index (Phi) is 15.6. The zero-order valence-electron chi connectivity index (χ0n) is 19.2. The van der Waals surface area contributed by atoms with Crippen molar-refractivity contribution in [3.8, 4) is 0 Å². The van der Waals surface area contributed by atoms with Crippen LogP contribution in [0.2, 0.25) is 0 Å². The maximum absolute atomic E-state index is 12.0. The van der Waals surface area contributed by atoms with Gasteiger partial charge in [0.15, 0.2) is 6.10 Å². The van der Waals surface area contributed by atoms with Gasteiger partial charge in [-0.2, -0.15) is 0 Å². The van der Waals surface area contributed by atoms with Crippen LogP contribution >= 0.6 is 0 Å². The minimum atomic E-state index is -1.26. The van der Waals surface area contributed by atoms with Crippen LogP contribution in [0.25, 0.3) is 0 Å². The van der Waals surface area contributed by atoms with E-state index in [0.29, 0.717) is 17.4 Å². The number of rotatable bonds is 19. The van der Waals surface area contributed by atoms with Gasteiger partial charge in [-0.1, -0.05) is 71.1 Å². The number of nitrogens with zero attached hydrogens (tertiary/aromatic N) is 1. The summed E-state index contributed by atoms with van der Waals surface area (Å²) >= 11 is 0. The van der Waals surface area contributed by atoms with Crippen LogP contribution in [0.4, 0.5) is 0 Å². The van der Waals surface area contributed by atoms with Crippen molar-refractivity contribution < 1.29 is 28.7 Å². The number of ketones is 1. The number of carbonyl (C=O) groups is 3. The Morgan fingerprint density at radius 1 is 0.828 bits per heavy atom.